The summed E-state index contributed by atoms with van der Waals surface area (Å²) in [5.41, 5.74) is 2.49. The fourth-order valence-corrected chi connectivity index (χ4v) is 2.64. The maximum Gasteiger partial charge on any atom is 0.335 e. The Labute approximate surface area is 162 Å². The highest BCUT2D eigenvalue weighted by molar-refractivity contribution is 6.30. The van der Waals surface area contributed by atoms with E-state index >= 15 is 0 Å². The fraction of sp³-hybridized carbons (Fsp3) is 0.200. The number of amides is 2. The molecular weight excluding hydrogens is 366 g/mol. The third kappa shape index (κ3) is 5.57. The van der Waals surface area contributed by atoms with Crippen LogP contribution in [0, 0.1) is 0 Å². The molecule has 2 amide bonds. The number of halogens is 1. The van der Waals surface area contributed by atoms with E-state index in [1.54, 1.807) is 36.4 Å². The monoisotopic (exact) mass is 385 g/mol. The number of hydrogen-bond donors (Lipinski definition) is 2. The summed E-state index contributed by atoms with van der Waals surface area (Å²) >= 11 is 5.85. The third-order valence-corrected chi connectivity index (χ3v) is 4.27. The van der Waals surface area contributed by atoms with Gasteiger partial charge >= 0.3 is 12.0 Å². The van der Waals surface area contributed by atoms with Crippen molar-refractivity contribution in [3.8, 4) is 0 Å². The molecule has 3 rings (SSSR count). The molecule has 1 saturated heterocycles. The Morgan fingerprint density at radius 2 is 1.81 bits per heavy atom. The smallest absolute Gasteiger partial charge is 0.335 e. The number of nitrogens with one attached hydrogen (secondary N) is 2. The fourth-order valence-electron chi connectivity index (χ4n) is 2.51. The van der Waals surface area contributed by atoms with E-state index in [0.717, 1.165) is 18.7 Å². The molecule has 0 bridgehead atoms. The Kier molecular flexibility index (Phi) is 6.11. The molecule has 1 fully saturated rings. The quantitative estimate of drug-likeness (QED) is 0.450. The topological polar surface area (TPSA) is 70.4 Å². The van der Waals surface area contributed by atoms with E-state index in [-0.39, 0.29) is 12.0 Å². The SMILES string of the molecule is COC(=O)/C(=C/c1ccccc1NC(=O)Nc1ccc(Cl)cc1)CN1CC1. The van der Waals surface area contributed by atoms with E-state index in [2.05, 4.69) is 15.5 Å². The lowest BCUT2D eigenvalue weighted by molar-refractivity contribution is -0.136. The number of ether oxygens (including phenoxy) is 1. The number of benzene rings is 2. The molecule has 0 radical (unpaired) electrons. The summed E-state index contributed by atoms with van der Waals surface area (Å²) in [5.74, 6) is -0.373. The van der Waals surface area contributed by atoms with Gasteiger partial charge in [-0.2, -0.15) is 0 Å². The number of urea groups is 1. The second-order valence-corrected chi connectivity index (χ2v) is 6.55. The van der Waals surface area contributed by atoms with Crippen LogP contribution >= 0.6 is 11.6 Å². The van der Waals surface area contributed by atoms with Crippen LogP contribution < -0.4 is 10.6 Å². The first-order chi connectivity index (χ1) is 13.0. The molecule has 140 valence electrons. The van der Waals surface area contributed by atoms with Gasteiger partial charge in [0.05, 0.1) is 12.7 Å². The Morgan fingerprint density at radius 3 is 2.48 bits per heavy atom. The number of para-hydroxylation sites is 1. The van der Waals surface area contributed by atoms with E-state index in [0.29, 0.717) is 28.5 Å². The molecule has 27 heavy (non-hydrogen) atoms. The molecule has 2 N–H and O–H groups in total. The largest absolute Gasteiger partial charge is 0.466 e. The third-order valence-electron chi connectivity index (χ3n) is 4.02. The lowest BCUT2D eigenvalue weighted by atomic mass is 10.1. The summed E-state index contributed by atoms with van der Waals surface area (Å²) in [4.78, 5) is 26.5. The number of esters is 1. The van der Waals surface area contributed by atoms with Gasteiger partial charge in [-0.05, 0) is 42.0 Å². The van der Waals surface area contributed by atoms with Gasteiger partial charge in [0, 0.05) is 36.0 Å². The van der Waals surface area contributed by atoms with Crippen molar-refractivity contribution in [3.63, 3.8) is 0 Å². The zero-order valence-electron chi connectivity index (χ0n) is 14.9. The van der Waals surface area contributed by atoms with Crippen LogP contribution in [0.25, 0.3) is 6.08 Å². The van der Waals surface area contributed by atoms with Crippen LogP contribution in [0.5, 0.6) is 0 Å². The summed E-state index contributed by atoms with van der Waals surface area (Å²) in [5, 5.41) is 6.15. The summed E-state index contributed by atoms with van der Waals surface area (Å²) in [6.07, 6.45) is 1.75. The van der Waals surface area contributed by atoms with Gasteiger partial charge in [-0.1, -0.05) is 29.8 Å². The van der Waals surface area contributed by atoms with Crippen LogP contribution in [0.3, 0.4) is 0 Å². The van der Waals surface area contributed by atoms with Gasteiger partial charge in [0.15, 0.2) is 0 Å². The zero-order valence-corrected chi connectivity index (χ0v) is 15.6. The normalized spacial score (nSPS) is 13.8. The molecule has 0 spiro atoms. The first kappa shape index (κ1) is 18.9. The average Bonchev–Trinajstić information content (AvgIpc) is 3.48. The van der Waals surface area contributed by atoms with Crippen LogP contribution in [0.2, 0.25) is 5.02 Å². The second-order valence-electron chi connectivity index (χ2n) is 6.11. The van der Waals surface area contributed by atoms with Crippen LogP contribution in [-0.2, 0) is 9.53 Å². The highest BCUT2D eigenvalue weighted by atomic mass is 35.5. The van der Waals surface area contributed by atoms with Gasteiger partial charge in [-0.25, -0.2) is 9.59 Å². The lowest BCUT2D eigenvalue weighted by Gasteiger charge is -2.12. The standard InChI is InChI=1S/C20H20ClN3O3/c1-27-19(25)15(13-24-10-11-24)12-14-4-2-3-5-18(14)23-20(26)22-17-8-6-16(21)7-9-17/h2-9,12H,10-11,13H2,1H3,(H2,22,23,26)/b15-12+. The van der Waals surface area contributed by atoms with Gasteiger partial charge in [-0.3, -0.25) is 4.90 Å². The summed E-state index contributed by atoms with van der Waals surface area (Å²) < 4.78 is 4.88. The molecule has 0 atom stereocenters. The molecular formula is C20H20ClN3O3. The molecule has 6 nitrogen and oxygen atoms in total. The first-order valence-electron chi connectivity index (χ1n) is 8.49. The summed E-state index contributed by atoms with van der Waals surface area (Å²) in [6.45, 7) is 2.47. The molecule has 1 aliphatic rings. The van der Waals surface area contributed by atoms with Gasteiger partial charge < -0.3 is 15.4 Å². The number of carbonyl (C=O) groups is 2. The molecule has 7 heteroatoms. The highest BCUT2D eigenvalue weighted by Gasteiger charge is 2.22. The van der Waals surface area contributed by atoms with Crippen molar-refractivity contribution in [2.45, 2.75) is 0 Å². The van der Waals surface area contributed by atoms with Crippen molar-refractivity contribution in [2.24, 2.45) is 0 Å². The zero-order chi connectivity index (χ0) is 19.2. The van der Waals surface area contributed by atoms with Gasteiger partial charge in [0.1, 0.15) is 0 Å². The summed E-state index contributed by atoms with van der Waals surface area (Å²) in [7, 11) is 1.36. The first-order valence-corrected chi connectivity index (χ1v) is 8.87. The van der Waals surface area contributed by atoms with E-state index in [1.165, 1.54) is 7.11 Å². The van der Waals surface area contributed by atoms with Crippen molar-refractivity contribution in [2.75, 3.05) is 37.4 Å². The van der Waals surface area contributed by atoms with Crippen LogP contribution in [0.15, 0.2) is 54.1 Å². The second kappa shape index (κ2) is 8.70. The van der Waals surface area contributed by atoms with Gasteiger partial charge in [-0.15, -0.1) is 0 Å². The molecule has 0 unspecified atom stereocenters. The molecule has 0 aromatic heterocycles. The van der Waals surface area contributed by atoms with Crippen LogP contribution in [0.4, 0.5) is 16.2 Å². The Bertz CT molecular complexity index is 861. The molecule has 0 aliphatic carbocycles. The molecule has 2 aromatic carbocycles. The lowest BCUT2D eigenvalue weighted by Crippen LogP contribution is -2.20. The van der Waals surface area contributed by atoms with Crippen molar-refractivity contribution in [1.82, 2.24) is 4.90 Å². The minimum absolute atomic E-state index is 0.373. The van der Waals surface area contributed by atoms with Crippen LogP contribution in [-0.4, -0.2) is 43.6 Å². The van der Waals surface area contributed by atoms with E-state index in [1.807, 2.05) is 18.2 Å². The number of methoxy groups -OCH3 is 1. The maximum absolute atomic E-state index is 12.3. The van der Waals surface area contributed by atoms with Crippen molar-refractivity contribution in [3.05, 3.63) is 64.7 Å². The highest BCUT2D eigenvalue weighted by Crippen LogP contribution is 2.21. The Balaban J connectivity index is 1.76. The number of carbonyl (C=O) groups excluding carboxylic acids is 2. The van der Waals surface area contributed by atoms with E-state index in [4.69, 9.17) is 16.3 Å². The molecule has 1 aliphatic heterocycles. The number of anilines is 2. The predicted molar refractivity (Wildman–Crippen MR) is 107 cm³/mol. The number of nitrogens with zero attached hydrogens (tertiary/aromatic N) is 1. The Morgan fingerprint density at radius 1 is 1.11 bits per heavy atom. The minimum atomic E-state index is -0.385. The van der Waals surface area contributed by atoms with E-state index < -0.39 is 0 Å². The van der Waals surface area contributed by atoms with Crippen molar-refractivity contribution < 1.29 is 14.3 Å². The maximum atomic E-state index is 12.3. The number of hydrogen-bond acceptors (Lipinski definition) is 4. The van der Waals surface area contributed by atoms with Crippen molar-refractivity contribution >= 4 is 41.1 Å². The summed E-state index contributed by atoms with van der Waals surface area (Å²) in [6, 6.07) is 13.7. The van der Waals surface area contributed by atoms with Gasteiger partial charge in [0.25, 0.3) is 0 Å². The predicted octanol–water partition coefficient (Wildman–Crippen LogP) is 3.86. The average molecular weight is 386 g/mol. The number of rotatable bonds is 6. The molecule has 1 heterocycles. The van der Waals surface area contributed by atoms with Crippen LogP contribution in [0.1, 0.15) is 5.56 Å². The van der Waals surface area contributed by atoms with Gasteiger partial charge in [0.2, 0.25) is 0 Å². The van der Waals surface area contributed by atoms with E-state index in [9.17, 15) is 9.59 Å². The molecule has 0 saturated carbocycles. The van der Waals surface area contributed by atoms with Crippen molar-refractivity contribution in [1.29, 1.82) is 0 Å². The Hall–Kier alpha value is -2.83. The molecule has 2 aromatic rings. The minimum Gasteiger partial charge on any atom is -0.466 e.